The molecule has 1 aromatic carbocycles. The van der Waals surface area contributed by atoms with Gasteiger partial charge in [0, 0.05) is 13.1 Å². The second kappa shape index (κ2) is 13.4. The maximum absolute atomic E-state index is 13.6. The SMILES string of the molecule is CCCCC(NC(=O)C1(NC(=O)N2CCOCC2)CCCCC1)C(O)C(=O)OCc1ccccc1. The molecule has 2 unspecified atom stereocenters. The van der Waals surface area contributed by atoms with Crippen molar-refractivity contribution in [1.82, 2.24) is 15.5 Å². The van der Waals surface area contributed by atoms with Crippen molar-refractivity contribution in [3.8, 4) is 0 Å². The van der Waals surface area contributed by atoms with Gasteiger partial charge in [0.2, 0.25) is 5.91 Å². The van der Waals surface area contributed by atoms with Crippen molar-refractivity contribution in [2.24, 2.45) is 0 Å². The van der Waals surface area contributed by atoms with Crippen LogP contribution in [0.25, 0.3) is 0 Å². The van der Waals surface area contributed by atoms with Gasteiger partial charge >= 0.3 is 12.0 Å². The van der Waals surface area contributed by atoms with Gasteiger partial charge in [0.05, 0.1) is 19.3 Å². The Bertz CT molecular complexity index is 822. The molecule has 9 nitrogen and oxygen atoms in total. The van der Waals surface area contributed by atoms with Crippen LogP contribution in [0.15, 0.2) is 30.3 Å². The van der Waals surface area contributed by atoms with Crippen LogP contribution in [-0.4, -0.2) is 71.9 Å². The number of rotatable bonds is 10. The van der Waals surface area contributed by atoms with Crippen molar-refractivity contribution in [2.75, 3.05) is 26.3 Å². The van der Waals surface area contributed by atoms with E-state index in [-0.39, 0.29) is 18.5 Å². The first-order chi connectivity index (χ1) is 16.9. The van der Waals surface area contributed by atoms with Crippen LogP contribution in [0.1, 0.15) is 63.9 Å². The summed E-state index contributed by atoms with van der Waals surface area (Å²) >= 11 is 0. The number of nitrogens with zero attached hydrogens (tertiary/aromatic N) is 1. The molecule has 3 rings (SSSR count). The van der Waals surface area contributed by atoms with Gasteiger partial charge < -0.3 is 30.1 Å². The lowest BCUT2D eigenvalue weighted by Gasteiger charge is -2.40. The van der Waals surface area contributed by atoms with Crippen LogP contribution in [0.5, 0.6) is 0 Å². The Hall–Kier alpha value is -2.65. The molecular weight excluding hydrogens is 450 g/mol. The highest BCUT2D eigenvalue weighted by Crippen LogP contribution is 2.29. The number of carbonyl (C=O) groups excluding carboxylic acids is 3. The first-order valence-electron chi connectivity index (χ1n) is 12.8. The Kier molecular flexibility index (Phi) is 10.3. The minimum Gasteiger partial charge on any atom is -0.459 e. The summed E-state index contributed by atoms with van der Waals surface area (Å²) in [7, 11) is 0. The number of amides is 3. The zero-order valence-electron chi connectivity index (χ0n) is 20.7. The predicted molar refractivity (Wildman–Crippen MR) is 130 cm³/mol. The quantitative estimate of drug-likeness (QED) is 0.435. The summed E-state index contributed by atoms with van der Waals surface area (Å²) in [6.45, 7) is 3.96. The van der Waals surface area contributed by atoms with Gasteiger partial charge in [0.25, 0.3) is 0 Å². The number of hydrogen-bond acceptors (Lipinski definition) is 6. The Balaban J connectivity index is 1.67. The zero-order valence-corrected chi connectivity index (χ0v) is 20.7. The number of esters is 1. The van der Waals surface area contributed by atoms with E-state index >= 15 is 0 Å². The van der Waals surface area contributed by atoms with E-state index in [2.05, 4.69) is 10.6 Å². The van der Waals surface area contributed by atoms with E-state index < -0.39 is 23.7 Å². The number of hydrogen-bond donors (Lipinski definition) is 3. The van der Waals surface area contributed by atoms with E-state index in [1.54, 1.807) is 4.90 Å². The number of aliphatic hydroxyl groups is 1. The molecule has 1 aliphatic heterocycles. The largest absolute Gasteiger partial charge is 0.459 e. The van der Waals surface area contributed by atoms with Gasteiger partial charge in [-0.3, -0.25) is 4.79 Å². The van der Waals surface area contributed by atoms with E-state index in [1.807, 2.05) is 37.3 Å². The molecule has 1 heterocycles. The normalized spacial score (nSPS) is 19.3. The fourth-order valence-electron chi connectivity index (χ4n) is 4.63. The van der Waals surface area contributed by atoms with Crippen molar-refractivity contribution >= 4 is 17.9 Å². The van der Waals surface area contributed by atoms with Gasteiger partial charge in [0.15, 0.2) is 6.10 Å². The van der Waals surface area contributed by atoms with Crippen LogP contribution in [-0.2, 0) is 25.7 Å². The van der Waals surface area contributed by atoms with Gasteiger partial charge in [-0.15, -0.1) is 0 Å². The molecule has 1 aliphatic carbocycles. The molecular formula is C26H39N3O6. The van der Waals surface area contributed by atoms with Gasteiger partial charge in [-0.2, -0.15) is 0 Å². The van der Waals surface area contributed by atoms with Crippen LogP contribution < -0.4 is 10.6 Å². The molecule has 2 atom stereocenters. The lowest BCUT2D eigenvalue weighted by Crippen LogP contribution is -2.65. The van der Waals surface area contributed by atoms with E-state index in [1.165, 1.54) is 0 Å². The van der Waals surface area contributed by atoms with Crippen molar-refractivity contribution in [1.29, 1.82) is 0 Å². The number of benzene rings is 1. The predicted octanol–water partition coefficient (Wildman–Crippen LogP) is 2.51. The van der Waals surface area contributed by atoms with Crippen LogP contribution in [0.2, 0.25) is 0 Å². The van der Waals surface area contributed by atoms with E-state index in [9.17, 15) is 19.5 Å². The number of morpholine rings is 1. The van der Waals surface area contributed by atoms with Gasteiger partial charge in [-0.05, 0) is 24.8 Å². The van der Waals surface area contributed by atoms with E-state index in [0.717, 1.165) is 37.7 Å². The second-order valence-corrected chi connectivity index (χ2v) is 9.43. The molecule has 9 heteroatoms. The smallest absolute Gasteiger partial charge is 0.337 e. The van der Waals surface area contributed by atoms with E-state index in [0.29, 0.717) is 45.6 Å². The summed E-state index contributed by atoms with van der Waals surface area (Å²) in [5.74, 6) is -1.12. The van der Waals surface area contributed by atoms with Gasteiger partial charge in [-0.1, -0.05) is 69.4 Å². The maximum atomic E-state index is 13.6. The molecule has 194 valence electrons. The van der Waals surface area contributed by atoms with Gasteiger partial charge in [0.1, 0.15) is 12.1 Å². The third kappa shape index (κ3) is 7.67. The fourth-order valence-corrected chi connectivity index (χ4v) is 4.63. The van der Waals surface area contributed by atoms with Crippen molar-refractivity contribution in [3.63, 3.8) is 0 Å². The molecule has 2 fully saturated rings. The minimum absolute atomic E-state index is 0.0464. The lowest BCUT2D eigenvalue weighted by atomic mass is 9.80. The first-order valence-corrected chi connectivity index (χ1v) is 12.8. The van der Waals surface area contributed by atoms with Crippen LogP contribution in [0, 0.1) is 0 Å². The Morgan fingerprint density at radius 3 is 2.46 bits per heavy atom. The minimum atomic E-state index is -1.50. The highest BCUT2D eigenvalue weighted by Gasteiger charge is 2.43. The fraction of sp³-hybridized carbons (Fsp3) is 0.654. The third-order valence-electron chi connectivity index (χ3n) is 6.82. The summed E-state index contributed by atoms with van der Waals surface area (Å²) in [6.07, 6.45) is 4.17. The molecule has 35 heavy (non-hydrogen) atoms. The molecule has 3 amide bonds. The van der Waals surface area contributed by atoms with Crippen LogP contribution in [0.4, 0.5) is 4.79 Å². The first kappa shape index (κ1) is 26.9. The number of unbranched alkanes of at least 4 members (excludes halogenated alkanes) is 1. The van der Waals surface area contributed by atoms with Crippen LogP contribution >= 0.6 is 0 Å². The topological polar surface area (TPSA) is 117 Å². The number of urea groups is 1. The molecule has 0 bridgehead atoms. The van der Waals surface area contributed by atoms with Crippen molar-refractivity contribution in [3.05, 3.63) is 35.9 Å². The third-order valence-corrected chi connectivity index (χ3v) is 6.82. The molecule has 3 N–H and O–H groups in total. The maximum Gasteiger partial charge on any atom is 0.337 e. The Labute approximate surface area is 207 Å². The molecule has 0 spiro atoms. The summed E-state index contributed by atoms with van der Waals surface area (Å²) in [4.78, 5) is 40.8. The summed E-state index contributed by atoms with van der Waals surface area (Å²) in [6, 6.07) is 8.15. The zero-order chi connectivity index (χ0) is 25.1. The molecule has 2 aliphatic rings. The van der Waals surface area contributed by atoms with Gasteiger partial charge in [-0.25, -0.2) is 9.59 Å². The van der Waals surface area contributed by atoms with Crippen molar-refractivity contribution < 1.29 is 29.0 Å². The molecule has 1 saturated carbocycles. The average Bonchev–Trinajstić information content (AvgIpc) is 2.90. The Morgan fingerprint density at radius 1 is 1.11 bits per heavy atom. The monoisotopic (exact) mass is 489 g/mol. The summed E-state index contributed by atoms with van der Waals surface area (Å²) < 4.78 is 10.6. The van der Waals surface area contributed by atoms with Crippen LogP contribution in [0.3, 0.4) is 0 Å². The molecule has 1 saturated heterocycles. The highest BCUT2D eigenvalue weighted by atomic mass is 16.5. The van der Waals surface area contributed by atoms with E-state index in [4.69, 9.17) is 9.47 Å². The number of ether oxygens (including phenoxy) is 2. The average molecular weight is 490 g/mol. The molecule has 0 radical (unpaired) electrons. The summed E-state index contributed by atoms with van der Waals surface area (Å²) in [5, 5.41) is 16.7. The number of nitrogens with one attached hydrogen (secondary N) is 2. The number of aliphatic hydroxyl groups excluding tert-OH is 1. The highest BCUT2D eigenvalue weighted by molar-refractivity contribution is 5.92. The van der Waals surface area contributed by atoms with Crippen molar-refractivity contribution in [2.45, 2.75) is 82.6 Å². The standard InChI is InChI=1S/C26H39N3O6/c1-2-3-12-21(22(30)23(31)35-19-20-10-6-4-7-11-20)27-24(32)26(13-8-5-9-14-26)28-25(33)29-15-17-34-18-16-29/h4,6-7,10-11,21-22,30H,2-3,5,8-9,12-19H2,1H3,(H,27,32)(H,28,33). The number of carbonyl (C=O) groups is 3. The lowest BCUT2D eigenvalue weighted by molar-refractivity contribution is -0.157. The molecule has 0 aromatic heterocycles. The summed E-state index contributed by atoms with van der Waals surface area (Å²) in [5.41, 5.74) is -0.250. The Morgan fingerprint density at radius 2 is 1.80 bits per heavy atom. The second-order valence-electron chi connectivity index (χ2n) is 9.43. The molecule has 1 aromatic rings.